The Morgan fingerprint density at radius 2 is 2.06 bits per heavy atom. The van der Waals surface area contributed by atoms with E-state index < -0.39 is 0 Å². The van der Waals surface area contributed by atoms with E-state index in [1.54, 1.807) is 20.0 Å². The molecule has 1 amide bonds. The second-order valence-corrected chi connectivity index (χ2v) is 4.27. The third kappa shape index (κ3) is 2.52. The monoisotopic (exact) mass is 256 g/mol. The molecule has 1 aromatic heterocycles. The van der Waals surface area contributed by atoms with Crippen molar-refractivity contribution in [1.82, 2.24) is 9.88 Å². The van der Waals surface area contributed by atoms with Crippen molar-refractivity contribution >= 4 is 23.3 Å². The molecular formula is C12H17ClN2O2. The Labute approximate surface area is 106 Å². The molecule has 0 fully saturated rings. The van der Waals surface area contributed by atoms with Gasteiger partial charge in [-0.3, -0.25) is 9.59 Å². The number of aryl methyl sites for hydroxylation is 1. The zero-order valence-electron chi connectivity index (χ0n) is 10.5. The lowest BCUT2D eigenvalue weighted by Gasteiger charge is -2.16. The van der Waals surface area contributed by atoms with Gasteiger partial charge in [-0.2, -0.15) is 0 Å². The number of amides is 1. The fourth-order valence-electron chi connectivity index (χ4n) is 2.05. The molecule has 17 heavy (non-hydrogen) atoms. The molecule has 0 radical (unpaired) electrons. The number of nitrogens with one attached hydrogen (secondary N) is 1. The molecule has 0 aromatic carbocycles. The van der Waals surface area contributed by atoms with Crippen LogP contribution in [0.3, 0.4) is 0 Å². The van der Waals surface area contributed by atoms with Gasteiger partial charge in [0.2, 0.25) is 5.91 Å². The Kier molecular flexibility index (Phi) is 4.34. The Morgan fingerprint density at radius 3 is 2.53 bits per heavy atom. The van der Waals surface area contributed by atoms with Crippen molar-refractivity contribution in [3.05, 3.63) is 23.0 Å². The summed E-state index contributed by atoms with van der Waals surface area (Å²) in [6.07, 6.45) is 0. The zero-order chi connectivity index (χ0) is 13.2. The SMILES string of the molecule is CNC(=O)C(C)n1c(C)cc(C(=O)CCl)c1C. The number of hydrogen-bond acceptors (Lipinski definition) is 2. The minimum absolute atomic E-state index is 0.0430. The van der Waals surface area contributed by atoms with Crippen molar-refractivity contribution < 1.29 is 9.59 Å². The van der Waals surface area contributed by atoms with Crippen LogP contribution < -0.4 is 5.32 Å². The van der Waals surface area contributed by atoms with Gasteiger partial charge in [-0.05, 0) is 26.8 Å². The summed E-state index contributed by atoms with van der Waals surface area (Å²) in [6, 6.07) is 1.44. The highest BCUT2D eigenvalue weighted by molar-refractivity contribution is 6.30. The maximum absolute atomic E-state index is 11.6. The molecule has 1 N–H and O–H groups in total. The molecule has 5 heteroatoms. The van der Waals surface area contributed by atoms with Gasteiger partial charge in [-0.15, -0.1) is 11.6 Å². The van der Waals surface area contributed by atoms with Crippen molar-refractivity contribution in [3.8, 4) is 0 Å². The van der Waals surface area contributed by atoms with Crippen molar-refractivity contribution in [2.24, 2.45) is 0 Å². The minimum atomic E-state index is -0.336. The summed E-state index contributed by atoms with van der Waals surface area (Å²) >= 11 is 5.55. The molecule has 1 unspecified atom stereocenters. The number of Topliss-reactive ketones (excluding diaryl/α,β-unsaturated/α-hetero) is 1. The molecule has 1 heterocycles. The maximum atomic E-state index is 11.6. The van der Waals surface area contributed by atoms with Gasteiger partial charge in [-0.25, -0.2) is 0 Å². The summed E-state index contributed by atoms with van der Waals surface area (Å²) in [6.45, 7) is 5.50. The summed E-state index contributed by atoms with van der Waals surface area (Å²) in [4.78, 5) is 23.2. The summed E-state index contributed by atoms with van der Waals surface area (Å²) in [5.74, 6) is -0.245. The average molecular weight is 257 g/mol. The second kappa shape index (κ2) is 5.36. The Morgan fingerprint density at radius 1 is 1.47 bits per heavy atom. The molecule has 0 saturated heterocycles. The van der Waals surface area contributed by atoms with Crippen molar-refractivity contribution in [1.29, 1.82) is 0 Å². The molecule has 0 aliphatic heterocycles. The Hall–Kier alpha value is -1.29. The largest absolute Gasteiger partial charge is 0.357 e. The Balaban J connectivity index is 3.22. The van der Waals surface area contributed by atoms with Crippen LogP contribution in [0.15, 0.2) is 6.07 Å². The fourth-order valence-corrected chi connectivity index (χ4v) is 2.20. The smallest absolute Gasteiger partial charge is 0.242 e. The van der Waals surface area contributed by atoms with Crippen LogP contribution in [0.1, 0.15) is 34.7 Å². The third-order valence-corrected chi connectivity index (χ3v) is 3.16. The number of hydrogen-bond donors (Lipinski definition) is 1. The van der Waals surface area contributed by atoms with Gasteiger partial charge >= 0.3 is 0 Å². The van der Waals surface area contributed by atoms with Crippen LogP contribution in [0.25, 0.3) is 0 Å². The number of nitrogens with zero attached hydrogens (tertiary/aromatic N) is 1. The normalized spacial score (nSPS) is 12.3. The highest BCUT2D eigenvalue weighted by Crippen LogP contribution is 2.21. The standard InChI is InChI=1S/C12H17ClN2O2/c1-7-5-10(11(16)6-13)8(2)15(7)9(3)12(17)14-4/h5,9H,6H2,1-4H3,(H,14,17). The predicted molar refractivity (Wildman–Crippen MR) is 67.7 cm³/mol. The highest BCUT2D eigenvalue weighted by atomic mass is 35.5. The van der Waals surface area contributed by atoms with E-state index in [9.17, 15) is 9.59 Å². The third-order valence-electron chi connectivity index (χ3n) is 2.92. The second-order valence-electron chi connectivity index (χ2n) is 4.00. The van der Waals surface area contributed by atoms with Crippen LogP contribution in [-0.4, -0.2) is 29.2 Å². The lowest BCUT2D eigenvalue weighted by Crippen LogP contribution is -2.29. The van der Waals surface area contributed by atoms with Crippen LogP contribution in [0.5, 0.6) is 0 Å². The predicted octanol–water partition coefficient (Wildman–Crippen LogP) is 1.83. The molecule has 0 aliphatic carbocycles. The van der Waals surface area contributed by atoms with Crippen LogP contribution in [0.4, 0.5) is 0 Å². The van der Waals surface area contributed by atoms with E-state index in [4.69, 9.17) is 11.6 Å². The lowest BCUT2D eigenvalue weighted by molar-refractivity contribution is -0.123. The van der Waals surface area contributed by atoms with E-state index in [0.717, 1.165) is 11.4 Å². The van der Waals surface area contributed by atoms with Crippen LogP contribution in [-0.2, 0) is 4.79 Å². The number of aromatic nitrogens is 1. The first-order valence-corrected chi connectivity index (χ1v) is 5.96. The zero-order valence-corrected chi connectivity index (χ0v) is 11.3. The topological polar surface area (TPSA) is 51.1 Å². The highest BCUT2D eigenvalue weighted by Gasteiger charge is 2.21. The van der Waals surface area contributed by atoms with Gasteiger partial charge in [-0.1, -0.05) is 0 Å². The van der Waals surface area contributed by atoms with Gasteiger partial charge in [0.1, 0.15) is 6.04 Å². The van der Waals surface area contributed by atoms with Crippen molar-refractivity contribution in [2.75, 3.05) is 12.9 Å². The van der Waals surface area contributed by atoms with Crippen molar-refractivity contribution in [3.63, 3.8) is 0 Å². The molecule has 4 nitrogen and oxygen atoms in total. The first-order valence-electron chi connectivity index (χ1n) is 5.43. The van der Waals surface area contributed by atoms with Crippen LogP contribution in [0.2, 0.25) is 0 Å². The summed E-state index contributed by atoms with van der Waals surface area (Å²) in [5, 5.41) is 2.60. The summed E-state index contributed by atoms with van der Waals surface area (Å²) in [5.41, 5.74) is 2.25. The van der Waals surface area contributed by atoms with Crippen LogP contribution >= 0.6 is 11.6 Å². The van der Waals surface area contributed by atoms with E-state index in [1.165, 1.54) is 0 Å². The molecule has 1 atom stereocenters. The fraction of sp³-hybridized carbons (Fsp3) is 0.500. The van der Waals surface area contributed by atoms with E-state index in [2.05, 4.69) is 5.32 Å². The molecule has 0 bridgehead atoms. The number of halogens is 1. The van der Waals surface area contributed by atoms with Gasteiger partial charge in [0, 0.05) is 24.0 Å². The number of rotatable bonds is 4. The quantitative estimate of drug-likeness (QED) is 0.660. The summed E-state index contributed by atoms with van der Waals surface area (Å²) < 4.78 is 1.85. The first-order chi connectivity index (χ1) is 7.93. The average Bonchev–Trinajstić information content (AvgIpc) is 2.62. The molecule has 1 rings (SSSR count). The minimum Gasteiger partial charge on any atom is -0.357 e. The van der Waals surface area contributed by atoms with Gasteiger partial charge in [0.15, 0.2) is 5.78 Å². The van der Waals surface area contributed by atoms with E-state index in [0.29, 0.717) is 5.56 Å². The van der Waals surface area contributed by atoms with E-state index >= 15 is 0 Å². The molecule has 0 saturated carbocycles. The van der Waals surface area contributed by atoms with Gasteiger partial charge in [0.05, 0.1) is 5.88 Å². The van der Waals surface area contributed by atoms with Crippen molar-refractivity contribution in [2.45, 2.75) is 26.8 Å². The number of carbonyl (C=O) groups excluding carboxylic acids is 2. The molecule has 0 spiro atoms. The molecule has 1 aromatic rings. The van der Waals surface area contributed by atoms with Gasteiger partial charge < -0.3 is 9.88 Å². The van der Waals surface area contributed by atoms with E-state index in [-0.39, 0.29) is 23.6 Å². The number of ketones is 1. The Bertz CT molecular complexity index is 452. The van der Waals surface area contributed by atoms with E-state index in [1.807, 2.05) is 18.4 Å². The molecule has 94 valence electrons. The number of carbonyl (C=O) groups is 2. The molecular weight excluding hydrogens is 240 g/mol. The van der Waals surface area contributed by atoms with Gasteiger partial charge in [0.25, 0.3) is 0 Å². The summed E-state index contributed by atoms with van der Waals surface area (Å²) in [7, 11) is 1.60. The first kappa shape index (κ1) is 13.8. The maximum Gasteiger partial charge on any atom is 0.242 e. The number of alkyl halides is 1. The number of likely N-dealkylation sites (N-methyl/N-ethyl adjacent to an activating group) is 1. The molecule has 0 aliphatic rings. The van der Waals surface area contributed by atoms with Crippen LogP contribution in [0, 0.1) is 13.8 Å². The lowest BCUT2D eigenvalue weighted by atomic mass is 10.2.